The second-order valence-electron chi connectivity index (χ2n) is 4.34. The molecular weight excluding hydrogens is 210 g/mol. The minimum absolute atomic E-state index is 0.0927. The summed E-state index contributed by atoms with van der Waals surface area (Å²) in [6.07, 6.45) is 2.25. The Bertz CT molecular complexity index is 253. The predicted octanol–water partition coefficient (Wildman–Crippen LogP) is 0.119. The first kappa shape index (κ1) is 12.4. The Balaban J connectivity index is 2.18. The monoisotopic (exact) mass is 229 g/mol. The number of nitrogens with two attached hydrogens (primary N) is 1. The second kappa shape index (κ2) is 5.42. The fourth-order valence-corrected chi connectivity index (χ4v) is 1.44. The minimum Gasteiger partial charge on any atom is -0.393 e. The molecule has 0 radical (unpaired) electrons. The van der Waals surface area contributed by atoms with Gasteiger partial charge < -0.3 is 11.1 Å². The lowest BCUT2D eigenvalue weighted by Crippen LogP contribution is -2.39. The van der Waals surface area contributed by atoms with Crippen molar-refractivity contribution in [1.29, 1.82) is 0 Å². The molecule has 0 bridgehead atoms. The van der Waals surface area contributed by atoms with Gasteiger partial charge in [0, 0.05) is 18.5 Å². The van der Waals surface area contributed by atoms with Crippen LogP contribution in [-0.4, -0.2) is 42.0 Å². The van der Waals surface area contributed by atoms with Gasteiger partial charge in [0.2, 0.25) is 5.91 Å². The molecule has 1 atom stereocenters. The zero-order valence-electron chi connectivity index (χ0n) is 9.32. The molecule has 1 aliphatic rings. The van der Waals surface area contributed by atoms with Crippen LogP contribution < -0.4 is 11.1 Å². The van der Waals surface area contributed by atoms with E-state index in [1.54, 1.807) is 0 Å². The van der Waals surface area contributed by atoms with Gasteiger partial charge in [-0.25, -0.2) is 0 Å². The first-order valence-corrected chi connectivity index (χ1v) is 5.67. The lowest BCUT2D eigenvalue weighted by Gasteiger charge is -2.19. The topological polar surface area (TPSA) is 58.4 Å². The highest BCUT2D eigenvalue weighted by Crippen LogP contribution is 2.18. The van der Waals surface area contributed by atoms with Crippen molar-refractivity contribution in [3.05, 3.63) is 0 Å². The maximum Gasteiger partial charge on any atom is 0.234 e. The van der Waals surface area contributed by atoms with Gasteiger partial charge in [-0.1, -0.05) is 19.1 Å². The van der Waals surface area contributed by atoms with E-state index in [4.69, 9.17) is 18.0 Å². The maximum absolute atomic E-state index is 11.4. The van der Waals surface area contributed by atoms with Gasteiger partial charge in [-0.2, -0.15) is 0 Å². The summed E-state index contributed by atoms with van der Waals surface area (Å²) < 4.78 is 0. The van der Waals surface area contributed by atoms with E-state index in [0.717, 1.165) is 19.4 Å². The summed E-state index contributed by atoms with van der Waals surface area (Å²) in [4.78, 5) is 13.9. The molecular formula is C10H19N3OS. The lowest BCUT2D eigenvalue weighted by molar-refractivity contribution is -0.122. The van der Waals surface area contributed by atoms with Crippen LogP contribution in [0.5, 0.6) is 0 Å². The number of carbonyl (C=O) groups excluding carboxylic acids is 1. The molecule has 1 amide bonds. The van der Waals surface area contributed by atoms with Gasteiger partial charge in [0.25, 0.3) is 0 Å². The average molecular weight is 229 g/mol. The van der Waals surface area contributed by atoms with Crippen LogP contribution in [0, 0.1) is 5.92 Å². The van der Waals surface area contributed by atoms with Crippen molar-refractivity contribution in [2.45, 2.75) is 25.8 Å². The molecule has 0 heterocycles. The average Bonchev–Trinajstić information content (AvgIpc) is 2.86. The molecule has 86 valence electrons. The number of amides is 1. The fourth-order valence-electron chi connectivity index (χ4n) is 1.37. The SMILES string of the molecule is CC(CN(C)CC(=O)NC1CC1)C(N)=S. The summed E-state index contributed by atoms with van der Waals surface area (Å²) in [6, 6.07) is 0.430. The van der Waals surface area contributed by atoms with Gasteiger partial charge in [-0.3, -0.25) is 9.69 Å². The molecule has 1 aliphatic carbocycles. The maximum atomic E-state index is 11.4. The highest BCUT2D eigenvalue weighted by molar-refractivity contribution is 7.80. The molecule has 3 N–H and O–H groups in total. The van der Waals surface area contributed by atoms with E-state index in [1.807, 2.05) is 18.9 Å². The summed E-state index contributed by atoms with van der Waals surface area (Å²) in [6.45, 7) is 3.12. The molecule has 0 spiro atoms. The van der Waals surface area contributed by atoms with Crippen LogP contribution in [0.4, 0.5) is 0 Å². The Morgan fingerprint density at radius 1 is 1.67 bits per heavy atom. The van der Waals surface area contributed by atoms with Crippen molar-refractivity contribution in [1.82, 2.24) is 10.2 Å². The third-order valence-corrected chi connectivity index (χ3v) is 2.83. The van der Waals surface area contributed by atoms with E-state index in [2.05, 4.69) is 5.32 Å². The van der Waals surface area contributed by atoms with Gasteiger partial charge in [-0.05, 0) is 19.9 Å². The lowest BCUT2D eigenvalue weighted by atomic mass is 10.2. The molecule has 0 aliphatic heterocycles. The van der Waals surface area contributed by atoms with Crippen molar-refractivity contribution in [2.75, 3.05) is 20.1 Å². The quantitative estimate of drug-likeness (QED) is 0.635. The largest absolute Gasteiger partial charge is 0.393 e. The molecule has 0 aromatic carbocycles. The smallest absolute Gasteiger partial charge is 0.234 e. The molecule has 0 aromatic rings. The van der Waals surface area contributed by atoms with Crippen molar-refractivity contribution < 1.29 is 4.79 Å². The molecule has 5 heteroatoms. The number of carbonyl (C=O) groups is 1. The van der Waals surface area contributed by atoms with Crippen LogP contribution in [-0.2, 0) is 4.79 Å². The summed E-state index contributed by atoms with van der Waals surface area (Å²) in [5.74, 6) is 0.244. The number of hydrogen-bond donors (Lipinski definition) is 2. The van der Waals surface area contributed by atoms with Crippen LogP contribution in [0.2, 0.25) is 0 Å². The Labute approximate surface area is 96.2 Å². The molecule has 1 rings (SSSR count). The van der Waals surface area contributed by atoms with E-state index in [0.29, 0.717) is 17.6 Å². The third-order valence-electron chi connectivity index (χ3n) is 2.43. The van der Waals surface area contributed by atoms with Gasteiger partial charge in [-0.15, -0.1) is 0 Å². The normalized spacial score (nSPS) is 17.5. The zero-order valence-corrected chi connectivity index (χ0v) is 10.1. The fraction of sp³-hybridized carbons (Fsp3) is 0.800. The first-order valence-electron chi connectivity index (χ1n) is 5.26. The van der Waals surface area contributed by atoms with Crippen molar-refractivity contribution in [2.24, 2.45) is 11.7 Å². The third kappa shape index (κ3) is 5.09. The summed E-state index contributed by atoms with van der Waals surface area (Å²) >= 11 is 4.88. The molecule has 0 aromatic heterocycles. The summed E-state index contributed by atoms with van der Waals surface area (Å²) in [5, 5.41) is 2.94. The van der Waals surface area contributed by atoms with E-state index in [9.17, 15) is 4.79 Å². The van der Waals surface area contributed by atoms with E-state index >= 15 is 0 Å². The summed E-state index contributed by atoms with van der Waals surface area (Å²) in [5.41, 5.74) is 5.51. The standard InChI is InChI=1S/C10H19N3OS/c1-7(10(11)15)5-13(2)6-9(14)12-8-3-4-8/h7-8H,3-6H2,1-2H3,(H2,11,15)(H,12,14). The number of rotatable bonds is 6. The Kier molecular flexibility index (Phi) is 4.47. The Morgan fingerprint density at radius 2 is 2.27 bits per heavy atom. The number of hydrogen-bond acceptors (Lipinski definition) is 3. The first-order chi connectivity index (χ1) is 6.99. The van der Waals surface area contributed by atoms with Crippen LogP contribution in [0.25, 0.3) is 0 Å². The van der Waals surface area contributed by atoms with Gasteiger partial charge in [0.05, 0.1) is 11.5 Å². The van der Waals surface area contributed by atoms with E-state index < -0.39 is 0 Å². The van der Waals surface area contributed by atoms with Crippen molar-refractivity contribution >= 4 is 23.1 Å². The van der Waals surface area contributed by atoms with Gasteiger partial charge >= 0.3 is 0 Å². The number of nitrogens with zero attached hydrogens (tertiary/aromatic N) is 1. The summed E-state index contributed by atoms with van der Waals surface area (Å²) in [7, 11) is 1.90. The predicted molar refractivity (Wildman–Crippen MR) is 64.6 cm³/mol. The van der Waals surface area contributed by atoms with E-state index in [1.165, 1.54) is 0 Å². The van der Waals surface area contributed by atoms with Crippen LogP contribution in [0.15, 0.2) is 0 Å². The molecule has 1 saturated carbocycles. The van der Waals surface area contributed by atoms with Crippen LogP contribution >= 0.6 is 12.2 Å². The Hall–Kier alpha value is -0.680. The molecule has 15 heavy (non-hydrogen) atoms. The minimum atomic E-state index is 0.0927. The van der Waals surface area contributed by atoms with Crippen molar-refractivity contribution in [3.63, 3.8) is 0 Å². The highest BCUT2D eigenvalue weighted by Gasteiger charge is 2.23. The van der Waals surface area contributed by atoms with E-state index in [-0.39, 0.29) is 11.8 Å². The highest BCUT2D eigenvalue weighted by atomic mass is 32.1. The van der Waals surface area contributed by atoms with Gasteiger partial charge in [0.1, 0.15) is 0 Å². The molecule has 1 unspecified atom stereocenters. The second-order valence-corrected chi connectivity index (χ2v) is 4.81. The Morgan fingerprint density at radius 3 is 2.73 bits per heavy atom. The molecule has 0 saturated heterocycles. The molecule has 1 fully saturated rings. The van der Waals surface area contributed by atoms with Crippen LogP contribution in [0.3, 0.4) is 0 Å². The van der Waals surface area contributed by atoms with Gasteiger partial charge in [0.15, 0.2) is 0 Å². The molecule has 4 nitrogen and oxygen atoms in total. The zero-order chi connectivity index (χ0) is 11.4. The number of nitrogens with one attached hydrogen (secondary N) is 1. The number of thiocarbonyl (C=S) groups is 1. The van der Waals surface area contributed by atoms with Crippen molar-refractivity contribution in [3.8, 4) is 0 Å². The van der Waals surface area contributed by atoms with Crippen LogP contribution in [0.1, 0.15) is 19.8 Å². The number of likely N-dealkylation sites (N-methyl/N-ethyl adjacent to an activating group) is 1.